The van der Waals surface area contributed by atoms with Gasteiger partial charge in [0.15, 0.2) is 5.76 Å². The molecule has 2 heterocycles. The first-order chi connectivity index (χ1) is 10.5. The minimum Gasteiger partial charge on any atom is -0.451 e. The number of aryl methyl sites for hydroxylation is 1. The molecule has 22 heavy (non-hydrogen) atoms. The summed E-state index contributed by atoms with van der Waals surface area (Å²) in [5, 5.41) is 3.42. The van der Waals surface area contributed by atoms with Gasteiger partial charge in [-0.25, -0.2) is 0 Å². The Balaban J connectivity index is 2.00. The van der Waals surface area contributed by atoms with Crippen molar-refractivity contribution < 1.29 is 9.21 Å². The van der Waals surface area contributed by atoms with Gasteiger partial charge in [0.1, 0.15) is 11.3 Å². The van der Waals surface area contributed by atoms with E-state index in [0.29, 0.717) is 10.1 Å². The Morgan fingerprint density at radius 2 is 2.00 bits per heavy atom. The molecule has 0 aliphatic carbocycles. The predicted octanol–water partition coefficient (Wildman–Crippen LogP) is 4.21. The van der Waals surface area contributed by atoms with E-state index in [1.54, 1.807) is 13.0 Å². The molecule has 0 saturated heterocycles. The molecule has 2 N–H and O–H groups in total. The lowest BCUT2D eigenvalue weighted by atomic mass is 10.1. The Labute approximate surface area is 142 Å². The van der Waals surface area contributed by atoms with Crippen molar-refractivity contribution in [1.82, 2.24) is 4.98 Å². The van der Waals surface area contributed by atoms with E-state index in [0.717, 1.165) is 15.4 Å². The van der Waals surface area contributed by atoms with Crippen molar-refractivity contribution in [2.24, 2.45) is 0 Å². The van der Waals surface area contributed by atoms with Crippen LogP contribution in [-0.4, -0.2) is 10.9 Å². The number of carbonyl (C=O) groups is 1. The highest BCUT2D eigenvalue weighted by atomic mass is 79.9. The Morgan fingerprint density at radius 3 is 2.77 bits per heavy atom. The highest BCUT2D eigenvalue weighted by molar-refractivity contribution is 9.10. The number of benzene rings is 1. The second-order valence-electron chi connectivity index (χ2n) is 4.71. The zero-order valence-corrected chi connectivity index (χ0v) is 14.5. The minimum atomic E-state index is -0.464. The Morgan fingerprint density at radius 1 is 1.23 bits per heavy atom. The predicted molar refractivity (Wildman–Crippen MR) is 91.4 cm³/mol. The number of halogens is 2. The monoisotopic (exact) mass is 424 g/mol. The minimum absolute atomic E-state index is 0.153. The fourth-order valence-electron chi connectivity index (χ4n) is 2.14. The number of H-pyrrole nitrogens is 1. The van der Waals surface area contributed by atoms with Crippen molar-refractivity contribution in [3.63, 3.8) is 0 Å². The first kappa shape index (κ1) is 15.1. The quantitative estimate of drug-likeness (QED) is 0.645. The van der Waals surface area contributed by atoms with Crippen molar-refractivity contribution in [2.75, 3.05) is 5.32 Å². The lowest BCUT2D eigenvalue weighted by molar-refractivity contribution is 0.0997. The van der Waals surface area contributed by atoms with Gasteiger partial charge in [0, 0.05) is 26.1 Å². The van der Waals surface area contributed by atoms with Gasteiger partial charge in [0.05, 0.1) is 0 Å². The third-order valence-corrected chi connectivity index (χ3v) is 4.17. The first-order valence-corrected chi connectivity index (χ1v) is 7.92. The molecule has 5 nitrogen and oxygen atoms in total. The van der Waals surface area contributed by atoms with Gasteiger partial charge in [-0.15, -0.1) is 0 Å². The van der Waals surface area contributed by atoms with E-state index in [1.165, 1.54) is 12.3 Å². The highest BCUT2D eigenvalue weighted by Crippen LogP contribution is 2.28. The molecule has 0 fully saturated rings. The lowest BCUT2D eigenvalue weighted by Gasteiger charge is -2.03. The van der Waals surface area contributed by atoms with Crippen LogP contribution in [0.25, 0.3) is 11.0 Å². The molecule has 112 valence electrons. The Kier molecular flexibility index (Phi) is 3.92. The van der Waals surface area contributed by atoms with Crippen LogP contribution in [0.15, 0.2) is 48.6 Å². The molecule has 0 aliphatic heterocycles. The summed E-state index contributed by atoms with van der Waals surface area (Å²) in [5.41, 5.74) is 1.11. The van der Waals surface area contributed by atoms with Crippen molar-refractivity contribution in [3.8, 4) is 0 Å². The Bertz CT molecular complexity index is 944. The van der Waals surface area contributed by atoms with Gasteiger partial charge in [-0.3, -0.25) is 9.59 Å². The topological polar surface area (TPSA) is 75.1 Å². The molecular formula is C15H10Br2N2O3. The maximum absolute atomic E-state index is 12.4. The van der Waals surface area contributed by atoms with E-state index in [2.05, 4.69) is 42.2 Å². The molecule has 1 amide bonds. The van der Waals surface area contributed by atoms with Crippen LogP contribution in [0.4, 0.5) is 5.69 Å². The molecule has 0 spiro atoms. The largest absolute Gasteiger partial charge is 0.451 e. The van der Waals surface area contributed by atoms with E-state index in [-0.39, 0.29) is 17.0 Å². The fourth-order valence-corrected chi connectivity index (χ4v) is 2.84. The third kappa shape index (κ3) is 2.74. The zero-order valence-electron chi connectivity index (χ0n) is 11.4. The van der Waals surface area contributed by atoms with Gasteiger partial charge in [0.2, 0.25) is 0 Å². The molecule has 0 bridgehead atoms. The van der Waals surface area contributed by atoms with Gasteiger partial charge in [0.25, 0.3) is 11.5 Å². The summed E-state index contributed by atoms with van der Waals surface area (Å²) < 4.78 is 7.16. The van der Waals surface area contributed by atoms with Gasteiger partial charge >= 0.3 is 0 Å². The van der Waals surface area contributed by atoms with Gasteiger partial charge in [-0.2, -0.15) is 0 Å². The van der Waals surface area contributed by atoms with Crippen LogP contribution in [0.2, 0.25) is 0 Å². The molecule has 0 radical (unpaired) electrons. The zero-order chi connectivity index (χ0) is 15.9. The average Bonchev–Trinajstić information content (AvgIpc) is 2.80. The number of aromatic nitrogens is 1. The second-order valence-corrected chi connectivity index (χ2v) is 6.54. The fraction of sp³-hybridized carbons (Fsp3) is 0.0667. The number of amides is 1. The molecule has 1 aromatic carbocycles. The number of rotatable bonds is 2. The smallest absolute Gasteiger partial charge is 0.291 e. The van der Waals surface area contributed by atoms with E-state index in [9.17, 15) is 9.59 Å². The number of fused-ring (bicyclic) bond motifs is 1. The van der Waals surface area contributed by atoms with Crippen LogP contribution in [0, 0.1) is 6.92 Å². The molecule has 7 heteroatoms. The standard InChI is InChI=1S/C15H10Br2N2O3/c1-7-10-4-8(16)2-3-12(10)22-13(7)15(21)19-11-5-9(17)6-18-14(11)20/h2-6H,1H3,(H,18,20)(H,19,21). The number of hydrogen-bond donors (Lipinski definition) is 2. The van der Waals surface area contributed by atoms with Crippen molar-refractivity contribution in [1.29, 1.82) is 0 Å². The number of carbonyl (C=O) groups excluding carboxylic acids is 1. The van der Waals surface area contributed by atoms with Gasteiger partial charge in [-0.1, -0.05) is 15.9 Å². The van der Waals surface area contributed by atoms with Crippen LogP contribution in [0.5, 0.6) is 0 Å². The molecule has 3 aromatic rings. The summed E-state index contributed by atoms with van der Waals surface area (Å²) in [7, 11) is 0. The number of aromatic amines is 1. The highest BCUT2D eigenvalue weighted by Gasteiger charge is 2.19. The van der Waals surface area contributed by atoms with Crippen LogP contribution in [-0.2, 0) is 0 Å². The molecular weight excluding hydrogens is 416 g/mol. The summed E-state index contributed by atoms with van der Waals surface area (Å²) in [5.74, 6) is -0.277. The average molecular weight is 426 g/mol. The first-order valence-electron chi connectivity index (χ1n) is 6.34. The SMILES string of the molecule is Cc1c(C(=O)Nc2cc(Br)c[nH]c2=O)oc2ccc(Br)cc12. The molecule has 0 unspecified atom stereocenters. The summed E-state index contributed by atoms with van der Waals surface area (Å²) in [6.45, 7) is 1.80. The van der Waals surface area contributed by atoms with Crippen LogP contribution in [0.1, 0.15) is 16.1 Å². The van der Waals surface area contributed by atoms with Crippen LogP contribution in [0.3, 0.4) is 0 Å². The number of nitrogens with one attached hydrogen (secondary N) is 2. The number of hydrogen-bond acceptors (Lipinski definition) is 3. The summed E-state index contributed by atoms with van der Waals surface area (Å²) in [6.07, 6.45) is 1.50. The third-order valence-electron chi connectivity index (χ3n) is 3.22. The van der Waals surface area contributed by atoms with E-state index in [1.807, 2.05) is 12.1 Å². The molecule has 2 aromatic heterocycles. The van der Waals surface area contributed by atoms with Gasteiger partial charge < -0.3 is 14.7 Å². The molecule has 3 rings (SSSR count). The summed E-state index contributed by atoms with van der Waals surface area (Å²) in [6, 6.07) is 7.04. The molecule has 0 saturated carbocycles. The Hall–Kier alpha value is -1.86. The summed E-state index contributed by atoms with van der Waals surface area (Å²) in [4.78, 5) is 26.6. The number of pyridine rings is 1. The van der Waals surface area contributed by atoms with Crippen LogP contribution >= 0.6 is 31.9 Å². The number of anilines is 1. The van der Waals surface area contributed by atoms with Crippen LogP contribution < -0.4 is 10.9 Å². The van der Waals surface area contributed by atoms with E-state index in [4.69, 9.17) is 4.42 Å². The molecule has 0 aliphatic rings. The summed E-state index contributed by atoms with van der Waals surface area (Å²) >= 11 is 6.63. The maximum atomic E-state index is 12.4. The van der Waals surface area contributed by atoms with E-state index < -0.39 is 5.91 Å². The molecule has 0 atom stereocenters. The lowest BCUT2D eigenvalue weighted by Crippen LogP contribution is -2.19. The van der Waals surface area contributed by atoms with Gasteiger partial charge in [-0.05, 0) is 47.1 Å². The normalized spacial score (nSPS) is 10.9. The van der Waals surface area contributed by atoms with Crippen molar-refractivity contribution >= 4 is 54.4 Å². The van der Waals surface area contributed by atoms with E-state index >= 15 is 0 Å². The second kappa shape index (κ2) is 5.73. The number of furan rings is 1. The van der Waals surface area contributed by atoms with Crippen molar-refractivity contribution in [3.05, 3.63) is 61.1 Å². The maximum Gasteiger partial charge on any atom is 0.291 e. The van der Waals surface area contributed by atoms with Crippen molar-refractivity contribution in [2.45, 2.75) is 6.92 Å².